The van der Waals surface area contributed by atoms with Gasteiger partial charge < -0.3 is 25.4 Å². The van der Waals surface area contributed by atoms with E-state index < -0.39 is 23.8 Å². The van der Waals surface area contributed by atoms with Gasteiger partial charge in [-0.15, -0.1) is 0 Å². The Balaban J connectivity index is 2.51. The van der Waals surface area contributed by atoms with E-state index in [1.54, 1.807) is 43.9 Å². The number of ether oxygens (including phenoxy) is 1. The van der Waals surface area contributed by atoms with E-state index in [0.717, 1.165) is 32.1 Å². The summed E-state index contributed by atoms with van der Waals surface area (Å²) in [7, 11) is 0. The molecule has 0 heterocycles. The lowest BCUT2D eigenvalue weighted by atomic mass is 9.86. The summed E-state index contributed by atoms with van der Waals surface area (Å²) >= 11 is 0. The lowest BCUT2D eigenvalue weighted by Gasteiger charge is -2.44. The van der Waals surface area contributed by atoms with Crippen LogP contribution in [0.2, 0.25) is 0 Å². The minimum Gasteiger partial charge on any atom is -0.508 e. The number of aromatic hydroxyl groups is 1. The molecule has 8 nitrogen and oxygen atoms in total. The Labute approximate surface area is 216 Å². The Morgan fingerprint density at radius 1 is 1.11 bits per heavy atom. The molecule has 4 atom stereocenters. The Hall–Kier alpha value is -2.77. The molecule has 4 unspecified atom stereocenters. The van der Waals surface area contributed by atoms with Crippen molar-refractivity contribution in [2.45, 2.75) is 117 Å². The summed E-state index contributed by atoms with van der Waals surface area (Å²) in [4.78, 5) is 42.2. The molecular weight excluding hydrogens is 458 g/mol. The van der Waals surface area contributed by atoms with E-state index in [1.165, 1.54) is 6.07 Å². The van der Waals surface area contributed by atoms with Crippen molar-refractivity contribution >= 4 is 17.9 Å². The maximum absolute atomic E-state index is 14.2. The quantitative estimate of drug-likeness (QED) is 0.391. The first kappa shape index (κ1) is 29.5. The van der Waals surface area contributed by atoms with E-state index in [4.69, 9.17) is 4.74 Å². The number of hydrogen-bond acceptors (Lipinski definition) is 5. The van der Waals surface area contributed by atoms with Gasteiger partial charge in [-0.3, -0.25) is 9.59 Å². The van der Waals surface area contributed by atoms with Crippen molar-refractivity contribution in [1.82, 2.24) is 15.5 Å². The third kappa shape index (κ3) is 7.87. The highest BCUT2D eigenvalue weighted by Gasteiger charge is 2.44. The highest BCUT2D eigenvalue weighted by atomic mass is 16.6. The number of nitrogens with zero attached hydrogens (tertiary/aromatic N) is 1. The lowest BCUT2D eigenvalue weighted by molar-refractivity contribution is -0.148. The number of para-hydroxylation sites is 1. The number of carbonyl (C=O) groups is 3. The molecule has 2 rings (SSSR count). The molecule has 0 aliphatic heterocycles. The minimum atomic E-state index is -1.02. The molecule has 202 valence electrons. The fourth-order valence-electron chi connectivity index (χ4n) is 4.42. The van der Waals surface area contributed by atoms with Crippen molar-refractivity contribution in [3.8, 4) is 5.75 Å². The molecular formula is C28H45N3O5. The van der Waals surface area contributed by atoms with Crippen LogP contribution in [-0.4, -0.2) is 51.6 Å². The van der Waals surface area contributed by atoms with Gasteiger partial charge in [-0.05, 0) is 65.4 Å². The van der Waals surface area contributed by atoms with Crippen LogP contribution >= 0.6 is 0 Å². The smallest absolute Gasteiger partial charge is 0.408 e. The topological polar surface area (TPSA) is 108 Å². The van der Waals surface area contributed by atoms with Crippen LogP contribution < -0.4 is 10.6 Å². The van der Waals surface area contributed by atoms with E-state index >= 15 is 0 Å². The van der Waals surface area contributed by atoms with Crippen LogP contribution in [0.3, 0.4) is 0 Å². The number of alkyl carbamates (subject to hydrolysis) is 1. The number of phenolic OH excluding ortho intramolecular Hbond substituents is 1. The van der Waals surface area contributed by atoms with Crippen LogP contribution in [0.5, 0.6) is 5.75 Å². The van der Waals surface area contributed by atoms with Gasteiger partial charge in [0, 0.05) is 17.6 Å². The first-order chi connectivity index (χ1) is 16.9. The predicted octanol–water partition coefficient (Wildman–Crippen LogP) is 5.06. The number of phenols is 1. The van der Waals surface area contributed by atoms with Crippen molar-refractivity contribution in [2.24, 2.45) is 5.92 Å². The highest BCUT2D eigenvalue weighted by Crippen LogP contribution is 2.37. The standard InChI is InChI=1S/C28H45N3O5/c1-8-13-19(4)29-25(33)24(21-16-10-11-17-22(21)32)31(20-14-12-15-20)26(34)23(18(3)9-2)30-27(35)36-28(5,6)7/h10-11,16-20,23-24,32H,8-9,12-15H2,1-7H3,(H,29,33)(H,30,35). The fraction of sp³-hybridized carbons (Fsp3) is 0.679. The fourth-order valence-corrected chi connectivity index (χ4v) is 4.42. The summed E-state index contributed by atoms with van der Waals surface area (Å²) in [6, 6.07) is 4.51. The van der Waals surface area contributed by atoms with E-state index in [2.05, 4.69) is 10.6 Å². The van der Waals surface area contributed by atoms with E-state index in [1.807, 2.05) is 27.7 Å². The molecule has 0 aromatic heterocycles. The van der Waals surface area contributed by atoms with Crippen LogP contribution in [0.25, 0.3) is 0 Å². The number of nitrogens with one attached hydrogen (secondary N) is 2. The van der Waals surface area contributed by atoms with Gasteiger partial charge in [0.25, 0.3) is 0 Å². The predicted molar refractivity (Wildman–Crippen MR) is 140 cm³/mol. The maximum Gasteiger partial charge on any atom is 0.408 e. The summed E-state index contributed by atoms with van der Waals surface area (Å²) in [6.07, 6.45) is 4.14. The van der Waals surface area contributed by atoms with Gasteiger partial charge in [0.2, 0.25) is 11.8 Å². The molecule has 1 aromatic rings. The molecule has 1 aliphatic carbocycles. The van der Waals surface area contributed by atoms with Gasteiger partial charge in [-0.25, -0.2) is 4.79 Å². The van der Waals surface area contributed by atoms with Crippen molar-refractivity contribution < 1.29 is 24.2 Å². The second-order valence-corrected chi connectivity index (χ2v) is 11.0. The van der Waals surface area contributed by atoms with E-state index in [-0.39, 0.29) is 35.6 Å². The minimum absolute atomic E-state index is 0.0434. The molecule has 1 saturated carbocycles. The van der Waals surface area contributed by atoms with Crippen LogP contribution in [0.4, 0.5) is 4.79 Å². The van der Waals surface area contributed by atoms with Gasteiger partial charge >= 0.3 is 6.09 Å². The van der Waals surface area contributed by atoms with Gasteiger partial charge in [-0.1, -0.05) is 51.8 Å². The summed E-state index contributed by atoms with van der Waals surface area (Å²) < 4.78 is 5.44. The number of amides is 3. The molecule has 0 spiro atoms. The Kier molecular flexibility index (Phi) is 10.6. The zero-order valence-corrected chi connectivity index (χ0v) is 23.0. The van der Waals surface area contributed by atoms with Crippen LogP contribution in [0, 0.1) is 5.92 Å². The molecule has 0 saturated heterocycles. The molecule has 8 heteroatoms. The molecule has 3 N–H and O–H groups in total. The SMILES string of the molecule is CCCC(C)NC(=O)C(c1ccccc1O)N(C(=O)C(NC(=O)OC(C)(C)C)C(C)CC)C1CCC1. The first-order valence-corrected chi connectivity index (χ1v) is 13.3. The lowest BCUT2D eigenvalue weighted by Crippen LogP contribution is -2.59. The molecule has 1 aromatic carbocycles. The molecule has 0 bridgehead atoms. The zero-order valence-electron chi connectivity index (χ0n) is 23.0. The maximum atomic E-state index is 14.2. The number of benzene rings is 1. The van der Waals surface area contributed by atoms with Crippen molar-refractivity contribution in [3.05, 3.63) is 29.8 Å². The average Bonchev–Trinajstić information content (AvgIpc) is 2.75. The number of hydrogen-bond donors (Lipinski definition) is 3. The summed E-state index contributed by atoms with van der Waals surface area (Å²) in [5, 5.41) is 16.6. The van der Waals surface area contributed by atoms with Gasteiger partial charge in [-0.2, -0.15) is 0 Å². The number of rotatable bonds is 11. The van der Waals surface area contributed by atoms with Gasteiger partial charge in [0.1, 0.15) is 23.4 Å². The Bertz CT molecular complexity index is 893. The normalized spacial score (nSPS) is 17.2. The van der Waals surface area contributed by atoms with Crippen molar-refractivity contribution in [3.63, 3.8) is 0 Å². The van der Waals surface area contributed by atoms with Crippen LogP contribution in [0.15, 0.2) is 24.3 Å². The van der Waals surface area contributed by atoms with Gasteiger partial charge in [0.15, 0.2) is 0 Å². The second kappa shape index (κ2) is 13.0. The Morgan fingerprint density at radius 3 is 2.25 bits per heavy atom. The third-order valence-corrected chi connectivity index (χ3v) is 6.74. The molecule has 3 amide bonds. The zero-order chi connectivity index (χ0) is 27.0. The molecule has 1 aliphatic rings. The summed E-state index contributed by atoms with van der Waals surface area (Å²) in [6.45, 7) is 13.1. The molecule has 36 heavy (non-hydrogen) atoms. The monoisotopic (exact) mass is 503 g/mol. The Morgan fingerprint density at radius 2 is 1.75 bits per heavy atom. The summed E-state index contributed by atoms with van der Waals surface area (Å²) in [5.74, 6) is -0.915. The van der Waals surface area contributed by atoms with Crippen molar-refractivity contribution in [2.75, 3.05) is 0 Å². The van der Waals surface area contributed by atoms with E-state index in [0.29, 0.717) is 12.0 Å². The molecule has 1 fully saturated rings. The second-order valence-electron chi connectivity index (χ2n) is 11.0. The van der Waals surface area contributed by atoms with E-state index in [9.17, 15) is 19.5 Å². The van der Waals surface area contributed by atoms with Crippen molar-refractivity contribution in [1.29, 1.82) is 0 Å². The molecule has 0 radical (unpaired) electrons. The third-order valence-electron chi connectivity index (χ3n) is 6.74. The van der Waals surface area contributed by atoms with Gasteiger partial charge in [0.05, 0.1) is 0 Å². The summed E-state index contributed by atoms with van der Waals surface area (Å²) in [5.41, 5.74) is -0.340. The first-order valence-electron chi connectivity index (χ1n) is 13.3. The largest absolute Gasteiger partial charge is 0.508 e. The highest BCUT2D eigenvalue weighted by molar-refractivity contribution is 5.93. The average molecular weight is 504 g/mol. The van der Waals surface area contributed by atoms with Crippen LogP contribution in [-0.2, 0) is 14.3 Å². The number of carbonyl (C=O) groups excluding carboxylic acids is 3. The van der Waals surface area contributed by atoms with Crippen LogP contribution in [0.1, 0.15) is 98.6 Å².